The van der Waals surface area contributed by atoms with Crippen molar-refractivity contribution < 1.29 is 19.1 Å². The summed E-state index contributed by atoms with van der Waals surface area (Å²) in [7, 11) is 2.46. The van der Waals surface area contributed by atoms with Crippen LogP contribution in [0.4, 0.5) is 0 Å². The number of esters is 1. The second-order valence-corrected chi connectivity index (χ2v) is 15.2. The topological polar surface area (TPSA) is 49.8 Å². The predicted molar refractivity (Wildman–Crippen MR) is 147 cm³/mol. The molecule has 4 aliphatic carbocycles. The molecule has 37 heavy (non-hydrogen) atoms. The molecule has 6 rings (SSSR count). The van der Waals surface area contributed by atoms with E-state index < -0.39 is 0 Å². The average molecular weight is 516 g/mol. The Morgan fingerprint density at radius 1 is 0.919 bits per heavy atom. The Balaban J connectivity index is 1.26. The molecule has 0 radical (unpaired) electrons. The van der Waals surface area contributed by atoms with Gasteiger partial charge in [-0.25, -0.2) is 0 Å². The fraction of sp³-hybridized carbons (Fsp3) is 0.969. The number of aliphatic hydroxyl groups is 1. The zero-order valence-electron chi connectivity index (χ0n) is 24.3. The number of carbonyl (C=O) groups is 1. The lowest BCUT2D eigenvalue weighted by Crippen LogP contribution is -2.61. The molecular weight excluding hydrogens is 460 g/mol. The zero-order valence-corrected chi connectivity index (χ0v) is 24.3. The first kappa shape index (κ1) is 26.6. The van der Waals surface area contributed by atoms with E-state index >= 15 is 0 Å². The molecule has 10 atom stereocenters. The van der Waals surface area contributed by atoms with E-state index in [1.54, 1.807) is 6.92 Å². The molecule has 4 saturated carbocycles. The molecule has 210 valence electrons. The number of hydrogen-bond acceptors (Lipinski definition) is 4. The summed E-state index contributed by atoms with van der Waals surface area (Å²) in [6.45, 7) is 11.6. The number of fused-ring (bicyclic) bond motifs is 5. The maximum atomic E-state index is 12.1. The summed E-state index contributed by atoms with van der Waals surface area (Å²) < 4.78 is 7.18. The monoisotopic (exact) mass is 515 g/mol. The van der Waals surface area contributed by atoms with Crippen LogP contribution in [-0.4, -0.2) is 78.0 Å². The number of rotatable bonds is 3. The number of hydrogen-bond donors (Lipinski definition) is 1. The van der Waals surface area contributed by atoms with Crippen molar-refractivity contribution in [3.05, 3.63) is 0 Å². The third-order valence-corrected chi connectivity index (χ3v) is 13.4. The van der Waals surface area contributed by atoms with Crippen LogP contribution in [0.5, 0.6) is 0 Å². The van der Waals surface area contributed by atoms with Crippen LogP contribution in [0.2, 0.25) is 0 Å². The lowest BCUT2D eigenvalue weighted by Gasteiger charge is -2.62. The predicted octanol–water partition coefficient (Wildman–Crippen LogP) is 5.40. The van der Waals surface area contributed by atoms with Gasteiger partial charge in [-0.2, -0.15) is 0 Å². The van der Waals surface area contributed by atoms with E-state index in [0.29, 0.717) is 29.3 Å². The molecule has 5 nitrogen and oxygen atoms in total. The van der Waals surface area contributed by atoms with E-state index in [0.717, 1.165) is 22.7 Å². The average Bonchev–Trinajstić information content (AvgIpc) is 3.16. The maximum absolute atomic E-state index is 12.1. The molecule has 0 aromatic heterocycles. The van der Waals surface area contributed by atoms with Crippen molar-refractivity contribution in [2.75, 3.05) is 33.2 Å². The zero-order chi connectivity index (χ0) is 26.0. The van der Waals surface area contributed by atoms with Gasteiger partial charge in [0.05, 0.1) is 20.1 Å². The first-order valence-corrected chi connectivity index (χ1v) is 16.1. The first-order chi connectivity index (χ1) is 17.7. The first-order valence-electron chi connectivity index (χ1n) is 16.1. The second-order valence-electron chi connectivity index (χ2n) is 15.2. The maximum Gasteiger partial charge on any atom is 0.302 e. The van der Waals surface area contributed by atoms with E-state index in [1.165, 1.54) is 103 Å². The number of piperidine rings is 2. The van der Waals surface area contributed by atoms with Crippen LogP contribution in [0.3, 0.4) is 0 Å². The van der Waals surface area contributed by atoms with Crippen LogP contribution in [0.1, 0.15) is 104 Å². The fourth-order valence-electron chi connectivity index (χ4n) is 11.4. The molecule has 6 fully saturated rings. The Kier molecular flexibility index (Phi) is 7.01. The minimum absolute atomic E-state index is 0.0697. The van der Waals surface area contributed by atoms with E-state index in [2.05, 4.69) is 25.8 Å². The molecular formula is C32H55N2O3+. The number of quaternary nitrogens is 1. The second kappa shape index (κ2) is 9.77. The van der Waals surface area contributed by atoms with E-state index in [1.807, 2.05) is 0 Å². The summed E-state index contributed by atoms with van der Waals surface area (Å²) in [5.74, 6) is 2.74. The largest absolute Gasteiger partial charge is 0.461 e. The molecule has 0 amide bonds. The van der Waals surface area contributed by atoms with Crippen LogP contribution >= 0.6 is 0 Å². The van der Waals surface area contributed by atoms with Crippen molar-refractivity contribution in [2.24, 2.45) is 34.5 Å². The standard InChI is InChI=1S/C32H55N2O3/c1-22(35)37-29-19-23-11-12-24-25(32(23,3)21-27(29)33-15-7-5-8-16-33)13-14-31(2)26(24)20-28(30(31)36)34(4)17-9-6-10-18-34/h23-30,36H,5-21H2,1-4H3/q+1/t23-,24+,25?,26?,27-,28-,29-,30-,31-,32-/m0/s1. The molecule has 5 heteroatoms. The number of likely N-dealkylation sites (tertiary alicyclic amines) is 2. The van der Waals surface area contributed by atoms with Crippen molar-refractivity contribution in [1.82, 2.24) is 4.90 Å². The highest BCUT2D eigenvalue weighted by Crippen LogP contribution is 2.67. The molecule has 0 bridgehead atoms. The summed E-state index contributed by atoms with van der Waals surface area (Å²) in [6.07, 6.45) is 16.4. The van der Waals surface area contributed by atoms with E-state index in [9.17, 15) is 9.90 Å². The summed E-state index contributed by atoms with van der Waals surface area (Å²) in [5, 5.41) is 11.9. The van der Waals surface area contributed by atoms with E-state index in [4.69, 9.17) is 4.74 Å². The van der Waals surface area contributed by atoms with Gasteiger partial charge in [0.15, 0.2) is 0 Å². The normalized spacial score (nSPS) is 50.0. The summed E-state index contributed by atoms with van der Waals surface area (Å²) in [6, 6.07) is 0.817. The van der Waals surface area contributed by atoms with Gasteiger partial charge in [-0.1, -0.05) is 20.3 Å². The van der Waals surface area contributed by atoms with Crippen molar-refractivity contribution >= 4 is 5.97 Å². The molecule has 2 heterocycles. The van der Waals surface area contributed by atoms with Crippen molar-refractivity contribution in [1.29, 1.82) is 0 Å². The highest BCUT2D eigenvalue weighted by molar-refractivity contribution is 5.66. The van der Waals surface area contributed by atoms with Crippen LogP contribution in [0, 0.1) is 34.5 Å². The quantitative estimate of drug-likeness (QED) is 0.404. The summed E-state index contributed by atoms with van der Waals surface area (Å²) >= 11 is 0. The molecule has 0 aromatic rings. The third-order valence-electron chi connectivity index (χ3n) is 13.4. The molecule has 0 spiro atoms. The molecule has 2 unspecified atom stereocenters. The highest BCUT2D eigenvalue weighted by atomic mass is 16.5. The van der Waals surface area contributed by atoms with Crippen molar-refractivity contribution in [3.8, 4) is 0 Å². The van der Waals surface area contributed by atoms with Gasteiger partial charge in [0.1, 0.15) is 18.2 Å². The van der Waals surface area contributed by atoms with Crippen LogP contribution < -0.4 is 0 Å². The Labute approximate surface area is 226 Å². The minimum atomic E-state index is -0.145. The molecule has 2 saturated heterocycles. The van der Waals surface area contributed by atoms with Gasteiger partial charge in [0.25, 0.3) is 0 Å². The number of aliphatic hydroxyl groups excluding tert-OH is 1. The Morgan fingerprint density at radius 2 is 1.62 bits per heavy atom. The molecule has 1 N–H and O–H groups in total. The number of nitrogens with zero attached hydrogens (tertiary/aromatic N) is 2. The van der Waals surface area contributed by atoms with Gasteiger partial charge in [-0.15, -0.1) is 0 Å². The lowest BCUT2D eigenvalue weighted by molar-refractivity contribution is -0.940. The summed E-state index contributed by atoms with van der Waals surface area (Å²) in [5.41, 5.74) is 0.421. The smallest absolute Gasteiger partial charge is 0.302 e. The third kappa shape index (κ3) is 4.32. The number of ether oxygens (including phenoxy) is 1. The van der Waals surface area contributed by atoms with Crippen LogP contribution in [0.25, 0.3) is 0 Å². The fourth-order valence-corrected chi connectivity index (χ4v) is 11.4. The lowest BCUT2D eigenvalue weighted by atomic mass is 9.44. The van der Waals surface area contributed by atoms with Gasteiger partial charge >= 0.3 is 5.97 Å². The highest BCUT2D eigenvalue weighted by Gasteiger charge is 2.66. The molecule has 2 aliphatic heterocycles. The number of carbonyl (C=O) groups excluding carboxylic acids is 1. The van der Waals surface area contributed by atoms with Gasteiger partial charge in [0.2, 0.25) is 0 Å². The van der Waals surface area contributed by atoms with E-state index in [-0.39, 0.29) is 23.6 Å². The molecule has 6 aliphatic rings. The number of likely N-dealkylation sites (N-methyl/N-ethyl adjacent to an activating group) is 1. The molecule has 0 aromatic carbocycles. The van der Waals surface area contributed by atoms with Crippen LogP contribution in [-0.2, 0) is 9.53 Å². The van der Waals surface area contributed by atoms with Gasteiger partial charge in [-0.3, -0.25) is 9.69 Å². The van der Waals surface area contributed by atoms with Crippen molar-refractivity contribution in [2.45, 2.75) is 129 Å². The van der Waals surface area contributed by atoms with Gasteiger partial charge < -0.3 is 14.3 Å². The Hall–Kier alpha value is -0.650. The van der Waals surface area contributed by atoms with Gasteiger partial charge in [0, 0.05) is 24.8 Å². The summed E-state index contributed by atoms with van der Waals surface area (Å²) in [4.78, 5) is 14.8. The Morgan fingerprint density at radius 3 is 2.32 bits per heavy atom. The van der Waals surface area contributed by atoms with Crippen molar-refractivity contribution in [3.63, 3.8) is 0 Å². The Bertz CT molecular complexity index is 851. The van der Waals surface area contributed by atoms with Gasteiger partial charge in [-0.05, 0) is 113 Å². The van der Waals surface area contributed by atoms with Crippen LogP contribution in [0.15, 0.2) is 0 Å². The SMILES string of the molecule is CC(=O)O[C@H]1C[C@@H]2CC[C@H]3C4C[C@H]([N+]5(C)CCCCC5)[C@H](O)[C@@]4(C)CCC3[C@@]2(C)C[C@@H]1N1CCCCC1. The minimum Gasteiger partial charge on any atom is -0.461 e.